The van der Waals surface area contributed by atoms with Crippen molar-refractivity contribution >= 4 is 40.2 Å². The molecule has 1 atom stereocenters. The lowest BCUT2D eigenvalue weighted by atomic mass is 9.83. The third-order valence-corrected chi connectivity index (χ3v) is 5.28. The van der Waals surface area contributed by atoms with Crippen LogP contribution in [0.2, 0.25) is 5.02 Å². The molecule has 1 N–H and O–H groups in total. The van der Waals surface area contributed by atoms with Crippen molar-refractivity contribution in [1.82, 2.24) is 5.32 Å². The third-order valence-electron chi connectivity index (χ3n) is 4.67. The van der Waals surface area contributed by atoms with Crippen LogP contribution in [0, 0.1) is 12.8 Å². The van der Waals surface area contributed by atoms with Crippen molar-refractivity contribution in [2.24, 2.45) is 5.92 Å². The normalized spacial score (nSPS) is 16.9. The SMILES string of the molecule is CCCC1=C(C(=O)OCC)C(/C=C(\Cl)c2c(Cl)cc(C)oc2=O)C(C(=O)OC)=C(C)N1. The maximum atomic E-state index is 12.9. The molecular formula is C22H25Cl2NO6. The Hall–Kier alpha value is -2.51. The van der Waals surface area contributed by atoms with Crippen LogP contribution in [0.4, 0.5) is 0 Å². The molecular weight excluding hydrogens is 445 g/mol. The predicted molar refractivity (Wildman–Crippen MR) is 118 cm³/mol. The van der Waals surface area contributed by atoms with E-state index in [1.54, 1.807) is 20.8 Å². The number of dihydropyridines is 1. The zero-order chi connectivity index (χ0) is 23.3. The zero-order valence-electron chi connectivity index (χ0n) is 18.1. The molecule has 0 saturated carbocycles. The number of rotatable bonds is 7. The lowest BCUT2D eigenvalue weighted by molar-refractivity contribution is -0.139. The number of carbonyl (C=O) groups excluding carboxylic acids is 2. The molecule has 1 aromatic rings. The number of halogens is 2. The van der Waals surface area contributed by atoms with E-state index in [2.05, 4.69) is 5.32 Å². The van der Waals surface area contributed by atoms with Gasteiger partial charge >= 0.3 is 17.6 Å². The topological polar surface area (TPSA) is 94.8 Å². The predicted octanol–water partition coefficient (Wildman–Crippen LogP) is 4.47. The molecule has 1 aliphatic rings. The van der Waals surface area contributed by atoms with Crippen LogP contribution in [0.25, 0.3) is 5.03 Å². The number of methoxy groups -OCH3 is 1. The van der Waals surface area contributed by atoms with Gasteiger partial charge in [0, 0.05) is 17.3 Å². The summed E-state index contributed by atoms with van der Waals surface area (Å²) in [6, 6.07) is 1.46. The second kappa shape index (κ2) is 10.7. The van der Waals surface area contributed by atoms with Crippen molar-refractivity contribution in [3.8, 4) is 0 Å². The van der Waals surface area contributed by atoms with Crippen molar-refractivity contribution in [1.29, 1.82) is 0 Å². The van der Waals surface area contributed by atoms with Crippen LogP contribution in [-0.2, 0) is 19.1 Å². The van der Waals surface area contributed by atoms with Crippen LogP contribution in [-0.4, -0.2) is 25.7 Å². The molecule has 0 amide bonds. The van der Waals surface area contributed by atoms with Gasteiger partial charge in [0.25, 0.3) is 0 Å². The van der Waals surface area contributed by atoms with Gasteiger partial charge in [0.05, 0.1) is 40.5 Å². The van der Waals surface area contributed by atoms with Gasteiger partial charge in [-0.1, -0.05) is 42.6 Å². The average Bonchev–Trinajstić information content (AvgIpc) is 2.67. The molecule has 9 heteroatoms. The number of nitrogens with one attached hydrogen (secondary N) is 1. The fourth-order valence-corrected chi connectivity index (χ4v) is 4.09. The van der Waals surface area contributed by atoms with Crippen LogP contribution in [0.5, 0.6) is 0 Å². The Morgan fingerprint density at radius 2 is 1.90 bits per heavy atom. The molecule has 168 valence electrons. The van der Waals surface area contributed by atoms with E-state index in [4.69, 9.17) is 37.1 Å². The van der Waals surface area contributed by atoms with Gasteiger partial charge in [0.15, 0.2) is 0 Å². The van der Waals surface area contributed by atoms with E-state index in [1.807, 2.05) is 6.92 Å². The number of aryl methyl sites for hydroxylation is 1. The van der Waals surface area contributed by atoms with Crippen molar-refractivity contribution in [2.45, 2.75) is 40.5 Å². The molecule has 1 aromatic heterocycles. The van der Waals surface area contributed by atoms with E-state index in [0.29, 0.717) is 23.6 Å². The number of ether oxygens (including phenoxy) is 2. The molecule has 0 spiro atoms. The molecule has 0 aliphatic carbocycles. The third kappa shape index (κ3) is 5.40. The van der Waals surface area contributed by atoms with Crippen molar-refractivity contribution in [3.63, 3.8) is 0 Å². The molecule has 0 saturated heterocycles. The second-order valence-electron chi connectivity index (χ2n) is 6.88. The second-order valence-corrected chi connectivity index (χ2v) is 7.69. The zero-order valence-corrected chi connectivity index (χ0v) is 19.6. The average molecular weight is 470 g/mol. The van der Waals surface area contributed by atoms with Crippen LogP contribution >= 0.6 is 23.2 Å². The lowest BCUT2D eigenvalue weighted by Crippen LogP contribution is -2.33. The van der Waals surface area contributed by atoms with Gasteiger partial charge in [-0.2, -0.15) is 0 Å². The summed E-state index contributed by atoms with van der Waals surface area (Å²) in [5.74, 6) is -1.83. The monoisotopic (exact) mass is 469 g/mol. The minimum absolute atomic E-state index is 0.0579. The summed E-state index contributed by atoms with van der Waals surface area (Å²) in [7, 11) is 1.24. The van der Waals surface area contributed by atoms with Crippen molar-refractivity contribution in [2.75, 3.05) is 13.7 Å². The molecule has 7 nitrogen and oxygen atoms in total. The summed E-state index contributed by atoms with van der Waals surface area (Å²) in [5, 5.41) is 3.16. The van der Waals surface area contributed by atoms with Gasteiger partial charge in [-0.3, -0.25) is 0 Å². The van der Waals surface area contributed by atoms with Crippen LogP contribution in [0.1, 0.15) is 44.9 Å². The first-order chi connectivity index (χ1) is 14.7. The van der Waals surface area contributed by atoms with E-state index in [1.165, 1.54) is 19.3 Å². The minimum Gasteiger partial charge on any atom is -0.466 e. The highest BCUT2D eigenvalue weighted by atomic mass is 35.5. The first-order valence-electron chi connectivity index (χ1n) is 9.80. The number of carbonyl (C=O) groups is 2. The summed E-state index contributed by atoms with van der Waals surface area (Å²) < 4.78 is 15.3. The fraction of sp³-hybridized carbons (Fsp3) is 0.409. The van der Waals surface area contributed by atoms with Crippen molar-refractivity contribution in [3.05, 3.63) is 61.4 Å². The standard InChI is InChI=1S/C22H25Cl2NO6/c1-6-8-16-18(21(27)30-7-2)13(17(12(4)25-16)20(26)29-5)10-15(24)19-14(23)9-11(3)31-22(19)28/h9-10,13,25H,6-8H2,1-5H3/b15-10-. The Kier molecular flexibility index (Phi) is 8.53. The summed E-state index contributed by atoms with van der Waals surface area (Å²) >= 11 is 12.7. The molecule has 31 heavy (non-hydrogen) atoms. The Morgan fingerprint density at radius 1 is 1.23 bits per heavy atom. The summed E-state index contributed by atoms with van der Waals surface area (Å²) in [4.78, 5) is 37.8. The first-order valence-corrected chi connectivity index (χ1v) is 10.6. The van der Waals surface area contributed by atoms with Gasteiger partial charge < -0.3 is 19.2 Å². The Balaban J connectivity index is 2.77. The minimum atomic E-state index is -0.918. The Bertz CT molecular complexity index is 1030. The molecule has 2 rings (SSSR count). The van der Waals surface area contributed by atoms with Gasteiger partial charge in [-0.25, -0.2) is 14.4 Å². The van der Waals surface area contributed by atoms with Gasteiger partial charge in [-0.15, -0.1) is 0 Å². The summed E-state index contributed by atoms with van der Waals surface area (Å²) in [6.45, 7) is 7.08. The number of esters is 2. The maximum Gasteiger partial charge on any atom is 0.346 e. The number of allylic oxidation sites excluding steroid dienone is 3. The van der Waals surface area contributed by atoms with Gasteiger partial charge in [0.1, 0.15) is 5.76 Å². The van der Waals surface area contributed by atoms with Crippen LogP contribution < -0.4 is 10.9 Å². The fourth-order valence-electron chi connectivity index (χ4n) is 3.41. The van der Waals surface area contributed by atoms with Gasteiger partial charge in [-0.05, 0) is 33.3 Å². The lowest BCUT2D eigenvalue weighted by Gasteiger charge is -2.29. The Labute approximate surface area is 190 Å². The van der Waals surface area contributed by atoms with E-state index in [0.717, 1.165) is 6.42 Å². The highest BCUT2D eigenvalue weighted by Crippen LogP contribution is 2.37. The van der Waals surface area contributed by atoms with Crippen molar-refractivity contribution < 1.29 is 23.5 Å². The number of hydrogen-bond donors (Lipinski definition) is 1. The summed E-state index contributed by atoms with van der Waals surface area (Å²) in [6.07, 6.45) is 2.70. The largest absolute Gasteiger partial charge is 0.466 e. The van der Waals surface area contributed by atoms with Crippen LogP contribution in [0.15, 0.2) is 43.9 Å². The van der Waals surface area contributed by atoms with E-state index >= 15 is 0 Å². The first kappa shape index (κ1) is 24.8. The van der Waals surface area contributed by atoms with Crippen LogP contribution in [0.3, 0.4) is 0 Å². The quantitative estimate of drug-likeness (QED) is 0.588. The molecule has 0 bridgehead atoms. The number of hydrogen-bond acceptors (Lipinski definition) is 7. The van der Waals surface area contributed by atoms with E-state index < -0.39 is 23.5 Å². The molecule has 2 heterocycles. The maximum absolute atomic E-state index is 12.9. The molecule has 1 unspecified atom stereocenters. The molecule has 0 radical (unpaired) electrons. The molecule has 0 fully saturated rings. The molecule has 1 aliphatic heterocycles. The van der Waals surface area contributed by atoms with E-state index in [9.17, 15) is 14.4 Å². The summed E-state index contributed by atoms with van der Waals surface area (Å²) in [5.41, 5.74) is 0.733. The highest BCUT2D eigenvalue weighted by molar-refractivity contribution is 6.50. The molecule has 0 aromatic carbocycles. The Morgan fingerprint density at radius 3 is 2.45 bits per heavy atom. The van der Waals surface area contributed by atoms with Gasteiger partial charge in [0.2, 0.25) is 0 Å². The van der Waals surface area contributed by atoms with E-state index in [-0.39, 0.29) is 33.4 Å². The highest BCUT2D eigenvalue weighted by Gasteiger charge is 2.37. The smallest absolute Gasteiger partial charge is 0.346 e.